The number of aliphatic hydroxyl groups excluding tert-OH is 2. The largest absolute Gasteiger partial charge is 0.504 e. The summed E-state index contributed by atoms with van der Waals surface area (Å²) in [7, 11) is 1.46. The summed E-state index contributed by atoms with van der Waals surface area (Å²) in [5.74, 6) is 0.429. The summed E-state index contributed by atoms with van der Waals surface area (Å²) in [5.41, 5.74) is 0.804. The molecule has 4 nitrogen and oxygen atoms in total. The smallest absolute Gasteiger partial charge is 0.160 e. The number of rotatable bonds is 4. The minimum absolute atomic E-state index is 0.0628. The van der Waals surface area contributed by atoms with E-state index in [4.69, 9.17) is 9.84 Å². The molecule has 2 unspecified atom stereocenters. The second-order valence-corrected chi connectivity index (χ2v) is 3.52. The van der Waals surface area contributed by atoms with E-state index in [1.165, 1.54) is 20.1 Å². The van der Waals surface area contributed by atoms with Crippen molar-refractivity contribution < 1.29 is 20.1 Å². The van der Waals surface area contributed by atoms with Crippen LogP contribution in [0.3, 0.4) is 0 Å². The number of hydrogen-bond acceptors (Lipinski definition) is 4. The SMILES string of the molecule is COc1cc(CC(O)C(C)O)ccc1O. The van der Waals surface area contributed by atoms with Gasteiger partial charge in [-0.15, -0.1) is 0 Å². The molecule has 84 valence electrons. The lowest BCUT2D eigenvalue weighted by molar-refractivity contribution is 0.0319. The first kappa shape index (κ1) is 11.8. The number of ether oxygens (including phenoxy) is 1. The van der Waals surface area contributed by atoms with Gasteiger partial charge in [-0.1, -0.05) is 6.07 Å². The summed E-state index contributed by atoms with van der Waals surface area (Å²) in [4.78, 5) is 0. The lowest BCUT2D eigenvalue weighted by atomic mass is 10.0. The Bertz CT molecular complexity index is 322. The molecule has 0 bridgehead atoms. The molecule has 0 fully saturated rings. The van der Waals surface area contributed by atoms with Crippen LogP contribution >= 0.6 is 0 Å². The zero-order valence-corrected chi connectivity index (χ0v) is 8.84. The van der Waals surface area contributed by atoms with Gasteiger partial charge in [0.05, 0.1) is 19.3 Å². The molecule has 1 aromatic rings. The van der Waals surface area contributed by atoms with Crippen LogP contribution in [-0.4, -0.2) is 34.6 Å². The number of hydrogen-bond donors (Lipinski definition) is 3. The van der Waals surface area contributed by atoms with Gasteiger partial charge in [-0.3, -0.25) is 0 Å². The van der Waals surface area contributed by atoms with Crippen molar-refractivity contribution in [1.29, 1.82) is 0 Å². The molecule has 0 aliphatic rings. The van der Waals surface area contributed by atoms with E-state index < -0.39 is 12.2 Å². The van der Waals surface area contributed by atoms with Crippen molar-refractivity contribution >= 4 is 0 Å². The van der Waals surface area contributed by atoms with Crippen molar-refractivity contribution in [1.82, 2.24) is 0 Å². The van der Waals surface area contributed by atoms with E-state index in [2.05, 4.69) is 0 Å². The molecule has 0 saturated heterocycles. The fourth-order valence-electron chi connectivity index (χ4n) is 1.26. The number of aromatic hydroxyl groups is 1. The zero-order valence-electron chi connectivity index (χ0n) is 8.84. The Morgan fingerprint density at radius 2 is 2.00 bits per heavy atom. The van der Waals surface area contributed by atoms with Gasteiger partial charge < -0.3 is 20.1 Å². The lowest BCUT2D eigenvalue weighted by Crippen LogP contribution is -2.24. The summed E-state index contributed by atoms with van der Waals surface area (Å²) in [6, 6.07) is 4.83. The normalized spacial score (nSPS) is 14.7. The third-order valence-corrected chi connectivity index (χ3v) is 2.25. The monoisotopic (exact) mass is 212 g/mol. The Morgan fingerprint density at radius 1 is 1.33 bits per heavy atom. The van der Waals surface area contributed by atoms with Crippen molar-refractivity contribution in [2.45, 2.75) is 25.6 Å². The first-order chi connectivity index (χ1) is 7.04. The van der Waals surface area contributed by atoms with Crippen LogP contribution in [0.15, 0.2) is 18.2 Å². The average Bonchev–Trinajstić information content (AvgIpc) is 2.20. The highest BCUT2D eigenvalue weighted by Gasteiger charge is 2.12. The first-order valence-electron chi connectivity index (χ1n) is 4.76. The molecule has 0 amide bonds. The molecular formula is C11H16O4. The minimum Gasteiger partial charge on any atom is -0.504 e. The summed E-state index contributed by atoms with van der Waals surface area (Å²) >= 11 is 0. The van der Waals surface area contributed by atoms with Gasteiger partial charge in [0.25, 0.3) is 0 Å². The average molecular weight is 212 g/mol. The molecule has 0 saturated carbocycles. The fourth-order valence-corrected chi connectivity index (χ4v) is 1.26. The summed E-state index contributed by atoms with van der Waals surface area (Å²) in [6.45, 7) is 1.53. The summed E-state index contributed by atoms with van der Waals surface area (Å²) < 4.78 is 4.93. The molecule has 0 aromatic heterocycles. The van der Waals surface area contributed by atoms with E-state index in [0.717, 1.165) is 5.56 Å². The van der Waals surface area contributed by atoms with Crippen LogP contribution in [-0.2, 0) is 6.42 Å². The highest BCUT2D eigenvalue weighted by Crippen LogP contribution is 2.26. The highest BCUT2D eigenvalue weighted by atomic mass is 16.5. The van der Waals surface area contributed by atoms with E-state index >= 15 is 0 Å². The van der Waals surface area contributed by atoms with Crippen molar-refractivity contribution in [2.24, 2.45) is 0 Å². The van der Waals surface area contributed by atoms with Crippen molar-refractivity contribution in [3.63, 3.8) is 0 Å². The Morgan fingerprint density at radius 3 is 2.53 bits per heavy atom. The number of phenols is 1. The summed E-state index contributed by atoms with van der Waals surface area (Å²) in [6.07, 6.45) is -1.25. The van der Waals surface area contributed by atoms with Gasteiger partial charge in [0.15, 0.2) is 11.5 Å². The minimum atomic E-state index is -0.806. The van der Waals surface area contributed by atoms with E-state index in [9.17, 15) is 10.2 Å². The number of methoxy groups -OCH3 is 1. The molecule has 0 aliphatic heterocycles. The van der Waals surface area contributed by atoms with Gasteiger partial charge >= 0.3 is 0 Å². The molecule has 0 aliphatic carbocycles. The molecule has 4 heteroatoms. The Hall–Kier alpha value is -1.26. The third-order valence-electron chi connectivity index (χ3n) is 2.25. The molecule has 0 spiro atoms. The Balaban J connectivity index is 2.78. The molecule has 15 heavy (non-hydrogen) atoms. The van der Waals surface area contributed by atoms with Crippen molar-refractivity contribution in [3.8, 4) is 11.5 Å². The maximum absolute atomic E-state index is 9.46. The predicted molar refractivity (Wildman–Crippen MR) is 56.1 cm³/mol. The van der Waals surface area contributed by atoms with Gasteiger partial charge in [-0.05, 0) is 24.6 Å². The van der Waals surface area contributed by atoms with Gasteiger partial charge in [0, 0.05) is 6.42 Å². The van der Waals surface area contributed by atoms with E-state index in [-0.39, 0.29) is 5.75 Å². The van der Waals surface area contributed by atoms with Crippen LogP contribution in [0.2, 0.25) is 0 Å². The topological polar surface area (TPSA) is 69.9 Å². The van der Waals surface area contributed by atoms with Crippen molar-refractivity contribution in [2.75, 3.05) is 7.11 Å². The van der Waals surface area contributed by atoms with Crippen LogP contribution < -0.4 is 4.74 Å². The van der Waals surface area contributed by atoms with E-state index in [1.807, 2.05) is 0 Å². The molecule has 1 rings (SSSR count). The quantitative estimate of drug-likeness (QED) is 0.686. The second kappa shape index (κ2) is 5.00. The van der Waals surface area contributed by atoms with Crippen LogP contribution in [0.25, 0.3) is 0 Å². The first-order valence-corrected chi connectivity index (χ1v) is 4.76. The Labute approximate surface area is 88.8 Å². The van der Waals surface area contributed by atoms with Crippen LogP contribution in [0.4, 0.5) is 0 Å². The zero-order chi connectivity index (χ0) is 11.4. The van der Waals surface area contributed by atoms with Gasteiger partial charge in [0.2, 0.25) is 0 Å². The second-order valence-electron chi connectivity index (χ2n) is 3.52. The standard InChI is InChI=1S/C11H16O4/c1-7(12)10(14)5-8-3-4-9(13)11(6-8)15-2/h3-4,6-7,10,12-14H,5H2,1-2H3. The van der Waals surface area contributed by atoms with Gasteiger partial charge in [0.1, 0.15) is 0 Å². The maximum Gasteiger partial charge on any atom is 0.160 e. The van der Waals surface area contributed by atoms with Crippen LogP contribution in [0, 0.1) is 0 Å². The molecule has 1 aromatic carbocycles. The summed E-state index contributed by atoms with van der Waals surface area (Å²) in [5, 5.41) is 27.9. The molecule has 0 radical (unpaired) electrons. The highest BCUT2D eigenvalue weighted by molar-refractivity contribution is 5.41. The predicted octanol–water partition coefficient (Wildman–Crippen LogP) is 0.685. The van der Waals surface area contributed by atoms with Crippen LogP contribution in [0.5, 0.6) is 11.5 Å². The van der Waals surface area contributed by atoms with Crippen LogP contribution in [0.1, 0.15) is 12.5 Å². The van der Waals surface area contributed by atoms with E-state index in [0.29, 0.717) is 12.2 Å². The van der Waals surface area contributed by atoms with Gasteiger partial charge in [-0.2, -0.15) is 0 Å². The fraction of sp³-hybridized carbons (Fsp3) is 0.455. The number of benzene rings is 1. The number of phenolic OH excluding ortho intramolecular Hbond substituents is 1. The van der Waals surface area contributed by atoms with E-state index in [1.54, 1.807) is 12.1 Å². The molecular weight excluding hydrogens is 196 g/mol. The maximum atomic E-state index is 9.46. The van der Waals surface area contributed by atoms with Crippen molar-refractivity contribution in [3.05, 3.63) is 23.8 Å². The lowest BCUT2D eigenvalue weighted by Gasteiger charge is -2.14. The van der Waals surface area contributed by atoms with Gasteiger partial charge in [-0.25, -0.2) is 0 Å². The molecule has 2 atom stereocenters. The number of aliphatic hydroxyl groups is 2. The Kier molecular flexibility index (Phi) is 3.94. The molecule has 3 N–H and O–H groups in total. The third kappa shape index (κ3) is 3.11. The molecule has 0 heterocycles.